The van der Waals surface area contributed by atoms with E-state index >= 15 is 0 Å². The van der Waals surface area contributed by atoms with Crippen molar-refractivity contribution in [2.75, 3.05) is 27.2 Å². The van der Waals surface area contributed by atoms with Gasteiger partial charge in [-0.15, -0.1) is 0 Å². The largest absolute Gasteiger partial charge is 0.386 e. The molecule has 0 aliphatic carbocycles. The fourth-order valence-corrected chi connectivity index (χ4v) is 1.67. The molecule has 0 saturated carbocycles. The van der Waals surface area contributed by atoms with Crippen LogP contribution >= 0.6 is 0 Å². The summed E-state index contributed by atoms with van der Waals surface area (Å²) in [6, 6.07) is 0.723. The zero-order valence-corrected chi connectivity index (χ0v) is 8.08. The van der Waals surface area contributed by atoms with E-state index in [9.17, 15) is 0 Å². The average Bonchev–Trinajstić information content (AvgIpc) is 2.04. The maximum absolute atomic E-state index is 5.61. The van der Waals surface area contributed by atoms with E-state index in [-0.39, 0.29) is 0 Å². The summed E-state index contributed by atoms with van der Waals surface area (Å²) >= 11 is 0. The Kier molecular flexibility index (Phi) is 2.98. The highest BCUT2D eigenvalue weighted by atomic mass is 15.2. The van der Waals surface area contributed by atoms with Crippen LogP contribution in [0.2, 0.25) is 0 Å². The molecule has 12 heavy (non-hydrogen) atoms. The molecule has 1 heterocycles. The van der Waals surface area contributed by atoms with Crippen LogP contribution in [-0.2, 0) is 0 Å². The van der Waals surface area contributed by atoms with Crippen LogP contribution in [0, 0.1) is 0 Å². The quantitative estimate of drug-likeness (QED) is 0.651. The van der Waals surface area contributed by atoms with Gasteiger partial charge in [-0.1, -0.05) is 6.58 Å². The molecule has 1 rings (SSSR count). The van der Waals surface area contributed by atoms with E-state index in [2.05, 4.69) is 30.5 Å². The predicted octanol–water partition coefficient (Wildman–Crippen LogP) is 0.442. The third-order valence-electron chi connectivity index (χ3n) is 2.60. The third kappa shape index (κ3) is 2.14. The molecular formula is C9H19N3. The number of likely N-dealkylation sites (tertiary alicyclic amines) is 1. The van der Waals surface area contributed by atoms with Crippen LogP contribution in [-0.4, -0.2) is 43.0 Å². The van der Waals surface area contributed by atoms with Crippen molar-refractivity contribution in [3.8, 4) is 0 Å². The summed E-state index contributed by atoms with van der Waals surface area (Å²) in [6.07, 6.45) is 2.40. The predicted molar refractivity (Wildman–Crippen MR) is 51.6 cm³/mol. The second-order valence-corrected chi connectivity index (χ2v) is 3.67. The number of nitrogens with zero attached hydrogens (tertiary/aromatic N) is 2. The van der Waals surface area contributed by atoms with Gasteiger partial charge in [0, 0.05) is 19.1 Å². The first kappa shape index (κ1) is 9.39. The van der Waals surface area contributed by atoms with Gasteiger partial charge in [0.05, 0.1) is 5.82 Å². The fraction of sp³-hybridized carbons (Fsp3) is 0.778. The molecule has 1 saturated heterocycles. The van der Waals surface area contributed by atoms with Crippen LogP contribution in [0.3, 0.4) is 0 Å². The summed E-state index contributed by atoms with van der Waals surface area (Å²) in [5, 5.41) is 0. The van der Waals surface area contributed by atoms with Crippen LogP contribution in [0.5, 0.6) is 0 Å². The van der Waals surface area contributed by atoms with Gasteiger partial charge in [0.1, 0.15) is 0 Å². The highest BCUT2D eigenvalue weighted by Crippen LogP contribution is 2.15. The van der Waals surface area contributed by atoms with Crippen molar-refractivity contribution in [1.82, 2.24) is 9.80 Å². The summed E-state index contributed by atoms with van der Waals surface area (Å²) in [5.41, 5.74) is 5.61. The molecule has 1 aliphatic heterocycles. The molecule has 0 aromatic carbocycles. The van der Waals surface area contributed by atoms with Crippen molar-refractivity contribution in [3.63, 3.8) is 0 Å². The minimum atomic E-state index is 0.715. The van der Waals surface area contributed by atoms with E-state index in [1.165, 1.54) is 12.8 Å². The lowest BCUT2D eigenvalue weighted by atomic mass is 10.0. The molecule has 0 atom stereocenters. The van der Waals surface area contributed by atoms with Gasteiger partial charge in [0.15, 0.2) is 0 Å². The Morgan fingerprint density at radius 1 is 1.42 bits per heavy atom. The number of hydrogen-bond donors (Lipinski definition) is 1. The van der Waals surface area contributed by atoms with Crippen molar-refractivity contribution >= 4 is 0 Å². The lowest BCUT2D eigenvalue weighted by Gasteiger charge is -2.36. The lowest BCUT2D eigenvalue weighted by Crippen LogP contribution is -2.42. The van der Waals surface area contributed by atoms with Gasteiger partial charge in [0.25, 0.3) is 0 Å². The average molecular weight is 169 g/mol. The Morgan fingerprint density at radius 3 is 2.25 bits per heavy atom. The third-order valence-corrected chi connectivity index (χ3v) is 2.60. The number of nitrogens with two attached hydrogens (primary N) is 1. The molecule has 3 heteroatoms. The van der Waals surface area contributed by atoms with E-state index in [4.69, 9.17) is 5.73 Å². The minimum absolute atomic E-state index is 0.715. The van der Waals surface area contributed by atoms with Crippen LogP contribution in [0.25, 0.3) is 0 Å². The summed E-state index contributed by atoms with van der Waals surface area (Å²) < 4.78 is 0. The molecule has 2 N–H and O–H groups in total. The molecule has 70 valence electrons. The second-order valence-electron chi connectivity index (χ2n) is 3.67. The fourth-order valence-electron chi connectivity index (χ4n) is 1.67. The van der Waals surface area contributed by atoms with Crippen LogP contribution in [0.4, 0.5) is 0 Å². The first-order valence-corrected chi connectivity index (χ1v) is 4.47. The number of rotatable bonds is 2. The summed E-state index contributed by atoms with van der Waals surface area (Å²) in [5.74, 6) is 0.715. The Balaban J connectivity index is 2.34. The van der Waals surface area contributed by atoms with E-state index in [1.54, 1.807) is 0 Å². The zero-order valence-electron chi connectivity index (χ0n) is 8.08. The first-order chi connectivity index (χ1) is 5.61. The minimum Gasteiger partial charge on any atom is -0.386 e. The van der Waals surface area contributed by atoms with Crippen LogP contribution < -0.4 is 5.73 Å². The van der Waals surface area contributed by atoms with Crippen molar-refractivity contribution in [2.45, 2.75) is 18.9 Å². The van der Waals surface area contributed by atoms with E-state index < -0.39 is 0 Å². The summed E-state index contributed by atoms with van der Waals surface area (Å²) in [4.78, 5) is 4.44. The molecule has 0 spiro atoms. The summed E-state index contributed by atoms with van der Waals surface area (Å²) in [6.45, 7) is 5.85. The molecule has 0 bridgehead atoms. The highest BCUT2D eigenvalue weighted by molar-refractivity contribution is 4.90. The summed E-state index contributed by atoms with van der Waals surface area (Å²) in [7, 11) is 4.27. The number of hydrogen-bond acceptors (Lipinski definition) is 3. The molecular weight excluding hydrogens is 150 g/mol. The van der Waals surface area contributed by atoms with E-state index in [0.29, 0.717) is 5.82 Å². The molecule has 1 fully saturated rings. The maximum atomic E-state index is 5.61. The van der Waals surface area contributed by atoms with Gasteiger partial charge in [-0.25, -0.2) is 0 Å². The topological polar surface area (TPSA) is 32.5 Å². The van der Waals surface area contributed by atoms with Crippen LogP contribution in [0.1, 0.15) is 12.8 Å². The SMILES string of the molecule is C=C(N)N1CCC(N(C)C)CC1. The molecule has 0 aromatic rings. The Morgan fingerprint density at radius 2 is 1.92 bits per heavy atom. The van der Waals surface area contributed by atoms with E-state index in [0.717, 1.165) is 19.1 Å². The van der Waals surface area contributed by atoms with E-state index in [1.807, 2.05) is 0 Å². The van der Waals surface area contributed by atoms with Crippen molar-refractivity contribution in [3.05, 3.63) is 12.4 Å². The molecule has 0 amide bonds. The number of piperidine rings is 1. The normalized spacial score (nSPS) is 20.1. The highest BCUT2D eigenvalue weighted by Gasteiger charge is 2.19. The van der Waals surface area contributed by atoms with Gasteiger partial charge in [-0.3, -0.25) is 0 Å². The van der Waals surface area contributed by atoms with Gasteiger partial charge in [-0.2, -0.15) is 0 Å². The molecule has 1 aliphatic rings. The molecule has 0 unspecified atom stereocenters. The van der Waals surface area contributed by atoms with Crippen LogP contribution in [0.15, 0.2) is 12.4 Å². The van der Waals surface area contributed by atoms with Gasteiger partial charge < -0.3 is 15.5 Å². The van der Waals surface area contributed by atoms with Crippen molar-refractivity contribution in [2.24, 2.45) is 5.73 Å². The molecule has 3 nitrogen and oxygen atoms in total. The lowest BCUT2D eigenvalue weighted by molar-refractivity contribution is 0.170. The van der Waals surface area contributed by atoms with Crippen molar-refractivity contribution in [1.29, 1.82) is 0 Å². The standard InChI is InChI=1S/C9H19N3/c1-8(10)12-6-4-9(5-7-12)11(2)3/h9H,1,4-7,10H2,2-3H3. The Hall–Kier alpha value is -0.700. The maximum Gasteiger partial charge on any atom is 0.0912 e. The second kappa shape index (κ2) is 3.81. The zero-order chi connectivity index (χ0) is 9.14. The van der Waals surface area contributed by atoms with Crippen molar-refractivity contribution < 1.29 is 0 Å². The van der Waals surface area contributed by atoms with Gasteiger partial charge >= 0.3 is 0 Å². The molecule has 0 aromatic heterocycles. The van der Waals surface area contributed by atoms with Gasteiger partial charge in [-0.05, 0) is 26.9 Å². The van der Waals surface area contributed by atoms with Gasteiger partial charge in [0.2, 0.25) is 0 Å². The first-order valence-electron chi connectivity index (χ1n) is 4.47. The smallest absolute Gasteiger partial charge is 0.0912 e. The Bertz CT molecular complexity index is 157. The molecule has 0 radical (unpaired) electrons. The Labute approximate surface area is 74.8 Å². The monoisotopic (exact) mass is 169 g/mol.